The van der Waals surface area contributed by atoms with Gasteiger partial charge in [-0.3, -0.25) is 9.80 Å². The lowest BCUT2D eigenvalue weighted by Crippen LogP contribution is -2.28. The van der Waals surface area contributed by atoms with Crippen LogP contribution in [-0.4, -0.2) is 49.4 Å². The van der Waals surface area contributed by atoms with Gasteiger partial charge in [-0.15, -0.1) is 0 Å². The molecule has 0 unspecified atom stereocenters. The fourth-order valence-corrected chi connectivity index (χ4v) is 7.12. The molecular formula is C48H84N2O2. The Morgan fingerprint density at radius 1 is 0.327 bits per heavy atom. The van der Waals surface area contributed by atoms with Gasteiger partial charge in [-0.1, -0.05) is 205 Å². The van der Waals surface area contributed by atoms with E-state index in [1.807, 2.05) is 0 Å². The van der Waals surface area contributed by atoms with Crippen molar-refractivity contribution >= 4 is 0 Å². The first-order chi connectivity index (χ1) is 25.7. The standard InChI is InChI=1S/C48H84N2O2/c1-5-9-13-17-21-25-37-49(38-26-22-18-14-10-6-2)43-51-41-45-29-33-47(34-30-45)48-35-31-46(32-36-48)42-52-44-50(39-27-23-19-15-11-7-3)40-28-24-20-16-12-8-4/h29-36H,5-28,37-44H2,1-4H3. The van der Waals surface area contributed by atoms with Gasteiger partial charge >= 0.3 is 0 Å². The summed E-state index contributed by atoms with van der Waals surface area (Å²) in [4.78, 5) is 5.12. The molecule has 0 saturated carbocycles. The normalized spacial score (nSPS) is 11.7. The average Bonchev–Trinajstić information content (AvgIpc) is 3.17. The number of benzene rings is 2. The van der Waals surface area contributed by atoms with Crippen LogP contribution in [0.1, 0.15) is 193 Å². The SMILES string of the molecule is CCCCCCCCN(CCCCCCCC)COCc1ccc(-c2ccc(COCN(CCCCCCCC)CCCCCCCC)cc2)cc1. The lowest BCUT2D eigenvalue weighted by atomic mass is 10.0. The van der Waals surface area contributed by atoms with E-state index in [1.54, 1.807) is 0 Å². The zero-order chi connectivity index (χ0) is 37.2. The first-order valence-electron chi connectivity index (χ1n) is 22.5. The Balaban J connectivity index is 1.77. The summed E-state index contributed by atoms with van der Waals surface area (Å²) in [6, 6.07) is 17.9. The van der Waals surface area contributed by atoms with E-state index in [0.717, 1.165) is 39.6 Å². The molecule has 298 valence electrons. The maximum absolute atomic E-state index is 6.28. The second-order valence-electron chi connectivity index (χ2n) is 15.7. The largest absolute Gasteiger partial charge is 0.361 e. The summed E-state index contributed by atoms with van der Waals surface area (Å²) >= 11 is 0. The van der Waals surface area contributed by atoms with Crippen LogP contribution in [0, 0.1) is 0 Å². The predicted molar refractivity (Wildman–Crippen MR) is 228 cm³/mol. The van der Waals surface area contributed by atoms with Crippen LogP contribution in [0.5, 0.6) is 0 Å². The molecule has 52 heavy (non-hydrogen) atoms. The van der Waals surface area contributed by atoms with Crippen LogP contribution in [0.2, 0.25) is 0 Å². The van der Waals surface area contributed by atoms with Crippen LogP contribution in [0.3, 0.4) is 0 Å². The molecule has 0 aromatic heterocycles. The van der Waals surface area contributed by atoms with E-state index in [-0.39, 0.29) is 0 Å². The summed E-state index contributed by atoms with van der Waals surface area (Å²) in [5.41, 5.74) is 5.01. The van der Waals surface area contributed by atoms with Crippen LogP contribution in [0.15, 0.2) is 48.5 Å². The Kier molecular flexibility index (Phi) is 30.2. The van der Waals surface area contributed by atoms with Gasteiger partial charge in [-0.05, 0) is 47.9 Å². The number of rotatable bonds is 37. The molecule has 4 nitrogen and oxygen atoms in total. The fourth-order valence-electron chi connectivity index (χ4n) is 7.12. The Hall–Kier alpha value is -1.72. The summed E-state index contributed by atoms with van der Waals surface area (Å²) < 4.78 is 12.6. The molecule has 2 aromatic rings. The van der Waals surface area contributed by atoms with Crippen molar-refractivity contribution in [1.29, 1.82) is 0 Å². The second kappa shape index (κ2) is 33.8. The minimum Gasteiger partial charge on any atom is -0.361 e. The third-order valence-electron chi connectivity index (χ3n) is 10.6. The summed E-state index contributed by atoms with van der Waals surface area (Å²) in [5.74, 6) is 0. The first kappa shape index (κ1) is 46.4. The summed E-state index contributed by atoms with van der Waals surface area (Å²) in [6.07, 6.45) is 32.4. The van der Waals surface area contributed by atoms with Crippen molar-refractivity contribution in [3.63, 3.8) is 0 Å². The van der Waals surface area contributed by atoms with Gasteiger partial charge in [-0.25, -0.2) is 0 Å². The van der Waals surface area contributed by atoms with Crippen LogP contribution in [0.4, 0.5) is 0 Å². The lowest BCUT2D eigenvalue weighted by Gasteiger charge is -2.22. The molecule has 0 bridgehead atoms. The maximum atomic E-state index is 6.28. The van der Waals surface area contributed by atoms with Gasteiger partial charge in [-0.2, -0.15) is 0 Å². The number of hydrogen-bond donors (Lipinski definition) is 0. The van der Waals surface area contributed by atoms with Crippen molar-refractivity contribution in [1.82, 2.24) is 9.80 Å². The van der Waals surface area contributed by atoms with Crippen LogP contribution < -0.4 is 0 Å². The number of nitrogens with zero attached hydrogens (tertiary/aromatic N) is 2. The molecule has 0 atom stereocenters. The van der Waals surface area contributed by atoms with Crippen molar-refractivity contribution in [3.8, 4) is 11.1 Å². The van der Waals surface area contributed by atoms with E-state index in [2.05, 4.69) is 86.0 Å². The number of unbranched alkanes of at least 4 members (excludes halogenated alkanes) is 20. The average molecular weight is 721 g/mol. The molecule has 0 aliphatic heterocycles. The van der Waals surface area contributed by atoms with Crippen molar-refractivity contribution < 1.29 is 9.47 Å². The maximum Gasteiger partial charge on any atom is 0.0994 e. The summed E-state index contributed by atoms with van der Waals surface area (Å²) in [6.45, 7) is 16.7. The highest BCUT2D eigenvalue weighted by Crippen LogP contribution is 2.21. The van der Waals surface area contributed by atoms with Gasteiger partial charge in [0, 0.05) is 26.2 Å². The van der Waals surface area contributed by atoms with Gasteiger partial charge in [0.15, 0.2) is 0 Å². The van der Waals surface area contributed by atoms with Gasteiger partial charge in [0.05, 0.1) is 26.7 Å². The highest BCUT2D eigenvalue weighted by molar-refractivity contribution is 5.63. The second-order valence-corrected chi connectivity index (χ2v) is 15.7. The molecule has 0 spiro atoms. The van der Waals surface area contributed by atoms with E-state index in [1.165, 1.54) is 176 Å². The fraction of sp³-hybridized carbons (Fsp3) is 0.750. The molecule has 0 aliphatic rings. The van der Waals surface area contributed by atoms with E-state index in [9.17, 15) is 0 Å². The van der Waals surface area contributed by atoms with E-state index >= 15 is 0 Å². The molecule has 0 N–H and O–H groups in total. The Bertz CT molecular complexity index is 908. The van der Waals surface area contributed by atoms with Gasteiger partial charge in [0.1, 0.15) is 0 Å². The monoisotopic (exact) mass is 721 g/mol. The van der Waals surface area contributed by atoms with Crippen LogP contribution in [0.25, 0.3) is 11.1 Å². The van der Waals surface area contributed by atoms with Gasteiger partial charge < -0.3 is 9.47 Å². The molecule has 0 heterocycles. The van der Waals surface area contributed by atoms with Crippen molar-refractivity contribution in [2.24, 2.45) is 0 Å². The van der Waals surface area contributed by atoms with Gasteiger partial charge in [0.2, 0.25) is 0 Å². The lowest BCUT2D eigenvalue weighted by molar-refractivity contribution is 0.0168. The third-order valence-corrected chi connectivity index (χ3v) is 10.6. The summed E-state index contributed by atoms with van der Waals surface area (Å²) in [5, 5.41) is 0. The van der Waals surface area contributed by atoms with Crippen molar-refractivity contribution in [2.75, 3.05) is 39.6 Å². The predicted octanol–water partition coefficient (Wildman–Crippen LogP) is 14.3. The molecular weight excluding hydrogens is 637 g/mol. The quantitative estimate of drug-likeness (QED) is 0.0512. The smallest absolute Gasteiger partial charge is 0.0994 e. The highest BCUT2D eigenvalue weighted by atomic mass is 16.5. The molecule has 0 fully saturated rings. The Morgan fingerprint density at radius 3 is 0.846 bits per heavy atom. The summed E-state index contributed by atoms with van der Waals surface area (Å²) in [7, 11) is 0. The van der Waals surface area contributed by atoms with Crippen LogP contribution >= 0.6 is 0 Å². The topological polar surface area (TPSA) is 24.9 Å². The number of ether oxygens (including phenoxy) is 2. The Labute approximate surface area is 323 Å². The van der Waals surface area contributed by atoms with E-state index in [4.69, 9.17) is 9.47 Å². The molecule has 0 aliphatic carbocycles. The molecule has 2 rings (SSSR count). The first-order valence-corrected chi connectivity index (χ1v) is 22.5. The molecule has 0 radical (unpaired) electrons. The van der Waals surface area contributed by atoms with E-state index in [0.29, 0.717) is 13.2 Å². The Morgan fingerprint density at radius 2 is 0.577 bits per heavy atom. The zero-order valence-electron chi connectivity index (χ0n) is 35.0. The zero-order valence-corrected chi connectivity index (χ0v) is 35.0. The van der Waals surface area contributed by atoms with Crippen molar-refractivity contribution in [3.05, 3.63) is 59.7 Å². The van der Waals surface area contributed by atoms with Gasteiger partial charge in [0.25, 0.3) is 0 Å². The molecule has 2 aromatic carbocycles. The highest BCUT2D eigenvalue weighted by Gasteiger charge is 2.08. The minimum atomic E-state index is 0.675. The number of hydrogen-bond acceptors (Lipinski definition) is 4. The third kappa shape index (κ3) is 24.6. The molecule has 4 heteroatoms. The molecule has 0 saturated heterocycles. The van der Waals surface area contributed by atoms with E-state index < -0.39 is 0 Å². The molecule has 0 amide bonds. The minimum absolute atomic E-state index is 0.675. The van der Waals surface area contributed by atoms with Crippen LogP contribution in [-0.2, 0) is 22.7 Å². The van der Waals surface area contributed by atoms with Crippen molar-refractivity contribution in [2.45, 2.75) is 195 Å².